The maximum atomic E-state index is 11.9. The van der Waals surface area contributed by atoms with Gasteiger partial charge in [0, 0.05) is 60.6 Å². The third-order valence-corrected chi connectivity index (χ3v) is 10.5. The molecule has 0 fully saturated rings. The zero-order valence-corrected chi connectivity index (χ0v) is 26.4. The minimum absolute atomic E-state index is 0.325. The van der Waals surface area contributed by atoms with E-state index in [9.17, 15) is 9.90 Å². The topological polar surface area (TPSA) is 64.3 Å². The summed E-state index contributed by atoms with van der Waals surface area (Å²) in [5, 5.41) is 14.4. The number of halogens is 1. The first kappa shape index (κ1) is 28.8. The van der Waals surface area contributed by atoms with Crippen LogP contribution in [0.25, 0.3) is 21.7 Å². The fourth-order valence-corrected chi connectivity index (χ4v) is 8.49. The third kappa shape index (κ3) is 5.68. The molecule has 5 nitrogen and oxygen atoms in total. The van der Waals surface area contributed by atoms with Crippen LogP contribution in [-0.4, -0.2) is 25.9 Å². The predicted molar refractivity (Wildman–Crippen MR) is 181 cm³/mol. The van der Waals surface area contributed by atoms with Gasteiger partial charge >= 0.3 is 5.97 Å². The molecule has 0 spiro atoms. The lowest BCUT2D eigenvalue weighted by molar-refractivity contribution is 0.0693. The van der Waals surface area contributed by atoms with Gasteiger partial charge in [0.05, 0.1) is 16.8 Å². The molecular weight excluding hydrogens is 608 g/mol. The van der Waals surface area contributed by atoms with Gasteiger partial charge < -0.3 is 14.4 Å². The average molecular weight is 637 g/mol. The molecule has 1 N–H and O–H groups in total. The van der Waals surface area contributed by atoms with Crippen molar-refractivity contribution in [1.82, 2.24) is 9.55 Å². The van der Waals surface area contributed by atoms with Crippen molar-refractivity contribution in [3.8, 4) is 5.75 Å². The predicted octanol–water partition coefficient (Wildman–Crippen LogP) is 9.50. The lowest BCUT2D eigenvalue weighted by Gasteiger charge is -2.22. The molecule has 0 radical (unpaired) electrons. The van der Waals surface area contributed by atoms with Gasteiger partial charge in [0.2, 0.25) is 0 Å². The van der Waals surface area contributed by atoms with E-state index in [4.69, 9.17) is 16.3 Å². The van der Waals surface area contributed by atoms with E-state index in [2.05, 4.69) is 58.9 Å². The summed E-state index contributed by atoms with van der Waals surface area (Å²) in [5.74, 6) is 0.613. The second kappa shape index (κ2) is 12.2. The molecule has 2 aromatic heterocycles. The van der Waals surface area contributed by atoms with Crippen molar-refractivity contribution in [2.45, 2.75) is 47.3 Å². The number of aromatic nitrogens is 2. The van der Waals surface area contributed by atoms with Gasteiger partial charge in [-0.05, 0) is 59.8 Å². The summed E-state index contributed by atoms with van der Waals surface area (Å²) in [7, 11) is 0. The second-order valence-electron chi connectivity index (χ2n) is 11.0. The number of aromatic carboxylic acids is 1. The Kier molecular flexibility index (Phi) is 8.02. The highest BCUT2D eigenvalue weighted by Crippen LogP contribution is 2.48. The molecule has 0 aliphatic carbocycles. The molecule has 1 aliphatic heterocycles. The van der Waals surface area contributed by atoms with Crippen LogP contribution in [0.15, 0.2) is 107 Å². The quantitative estimate of drug-likeness (QED) is 0.159. The van der Waals surface area contributed by atoms with Gasteiger partial charge in [-0.25, -0.2) is 4.79 Å². The smallest absolute Gasteiger partial charge is 0.336 e. The van der Waals surface area contributed by atoms with Crippen LogP contribution >= 0.6 is 35.1 Å². The van der Waals surface area contributed by atoms with E-state index in [0.29, 0.717) is 34.7 Å². The number of ether oxygens (including phenoxy) is 1. The average Bonchev–Trinajstić information content (AvgIpc) is 3.32. The van der Waals surface area contributed by atoms with Gasteiger partial charge in [0.15, 0.2) is 0 Å². The molecular formula is C36H29ClN2O3S2. The fraction of sp³-hybridized carbons (Fsp3) is 0.167. The number of rotatable bonds is 9. The first-order valence-corrected chi connectivity index (χ1v) is 16.7. The van der Waals surface area contributed by atoms with Crippen molar-refractivity contribution in [2.24, 2.45) is 0 Å². The number of carbonyl (C=O) groups is 1. The summed E-state index contributed by atoms with van der Waals surface area (Å²) in [6.07, 6.45) is 2.80. The summed E-state index contributed by atoms with van der Waals surface area (Å²) in [6, 6.07) is 29.8. The van der Waals surface area contributed by atoms with E-state index < -0.39 is 5.97 Å². The molecule has 220 valence electrons. The Morgan fingerprint density at radius 3 is 2.64 bits per heavy atom. The first-order chi connectivity index (χ1) is 21.4. The zero-order chi connectivity index (χ0) is 30.2. The Balaban J connectivity index is 1.29. The van der Waals surface area contributed by atoms with Crippen molar-refractivity contribution in [1.29, 1.82) is 0 Å². The molecule has 3 heterocycles. The number of carboxylic acids is 1. The molecule has 4 aromatic carbocycles. The minimum Gasteiger partial charge on any atom is -0.487 e. The number of carboxylic acid groups (broad SMARTS) is 1. The summed E-state index contributed by atoms with van der Waals surface area (Å²) in [4.78, 5) is 18.6. The fourth-order valence-electron chi connectivity index (χ4n) is 5.87. The van der Waals surface area contributed by atoms with E-state index in [1.54, 1.807) is 23.9 Å². The highest BCUT2D eigenvalue weighted by molar-refractivity contribution is 8.00. The van der Waals surface area contributed by atoms with Crippen LogP contribution in [0.1, 0.15) is 39.8 Å². The van der Waals surface area contributed by atoms with Crippen molar-refractivity contribution < 1.29 is 14.6 Å². The van der Waals surface area contributed by atoms with Crippen LogP contribution in [-0.2, 0) is 25.3 Å². The van der Waals surface area contributed by atoms with Crippen LogP contribution in [0.2, 0.25) is 5.02 Å². The summed E-state index contributed by atoms with van der Waals surface area (Å²) in [6.45, 7) is 3.33. The molecule has 8 heteroatoms. The zero-order valence-electron chi connectivity index (χ0n) is 24.0. The van der Waals surface area contributed by atoms with Gasteiger partial charge in [-0.15, -0.1) is 23.5 Å². The molecule has 1 aliphatic rings. The standard InChI is InChI=1S/C36H29ClN2O3S2/c1-22-16-29-32(42-20-27-17-24-6-2-3-7-25(24)18-38-27)15-14-30-34(29)35(44-22)31(39(30)19-23-10-12-26(37)13-11-23)21-43-33-9-5-4-8-28(33)36(40)41/h2-15,17-18,22H,16,19-21H2,1H3,(H,40,41). The van der Waals surface area contributed by atoms with Gasteiger partial charge in [0.25, 0.3) is 0 Å². The SMILES string of the molecule is CC1Cc2c(OCc3cc4ccccc4cn3)ccc3c2c(c(CSc2ccccc2C(=O)O)n3Cc2ccc(Cl)cc2)S1. The summed E-state index contributed by atoms with van der Waals surface area (Å²) in [5.41, 5.74) is 5.93. The number of benzene rings is 4. The highest BCUT2D eigenvalue weighted by atomic mass is 35.5. The number of nitrogens with zero attached hydrogens (tertiary/aromatic N) is 2. The van der Waals surface area contributed by atoms with Crippen molar-refractivity contribution >= 4 is 62.8 Å². The minimum atomic E-state index is -0.913. The molecule has 1 unspecified atom stereocenters. The molecule has 7 rings (SSSR count). The van der Waals surface area contributed by atoms with E-state index in [-0.39, 0.29) is 0 Å². The van der Waals surface area contributed by atoms with E-state index in [1.165, 1.54) is 21.5 Å². The van der Waals surface area contributed by atoms with Crippen LogP contribution in [0.4, 0.5) is 0 Å². The molecule has 0 saturated carbocycles. The molecule has 0 bridgehead atoms. The number of thioether (sulfide) groups is 2. The number of fused-ring (bicyclic) bond motifs is 1. The molecule has 1 atom stereocenters. The van der Waals surface area contributed by atoms with E-state index >= 15 is 0 Å². The number of hydrogen-bond donors (Lipinski definition) is 1. The van der Waals surface area contributed by atoms with Gasteiger partial charge in [-0.3, -0.25) is 4.98 Å². The lowest BCUT2D eigenvalue weighted by atomic mass is 10.0. The second-order valence-corrected chi connectivity index (χ2v) is 13.9. The Hall–Kier alpha value is -3.91. The van der Waals surface area contributed by atoms with Crippen LogP contribution in [0.3, 0.4) is 0 Å². The Morgan fingerprint density at radius 1 is 1.05 bits per heavy atom. The Labute approximate surface area is 269 Å². The normalized spacial score (nSPS) is 14.3. The van der Waals surface area contributed by atoms with Crippen molar-refractivity contribution in [2.75, 3.05) is 0 Å². The van der Waals surface area contributed by atoms with Gasteiger partial charge in [-0.2, -0.15) is 0 Å². The summed E-state index contributed by atoms with van der Waals surface area (Å²) < 4.78 is 8.88. The molecule has 44 heavy (non-hydrogen) atoms. The van der Waals surface area contributed by atoms with Crippen LogP contribution in [0, 0.1) is 0 Å². The molecule has 0 saturated heterocycles. The molecule has 0 amide bonds. The molecule has 6 aromatic rings. The Bertz CT molecular complexity index is 2020. The monoisotopic (exact) mass is 636 g/mol. The summed E-state index contributed by atoms with van der Waals surface area (Å²) >= 11 is 9.67. The van der Waals surface area contributed by atoms with E-state index in [1.807, 2.05) is 54.4 Å². The van der Waals surface area contributed by atoms with Gasteiger partial charge in [0.1, 0.15) is 12.4 Å². The lowest BCUT2D eigenvalue weighted by Crippen LogP contribution is -2.10. The first-order valence-electron chi connectivity index (χ1n) is 14.4. The van der Waals surface area contributed by atoms with Crippen molar-refractivity contribution in [3.05, 3.63) is 130 Å². The maximum Gasteiger partial charge on any atom is 0.336 e. The van der Waals surface area contributed by atoms with E-state index in [0.717, 1.165) is 44.6 Å². The van der Waals surface area contributed by atoms with Crippen molar-refractivity contribution in [3.63, 3.8) is 0 Å². The maximum absolute atomic E-state index is 11.9. The van der Waals surface area contributed by atoms with Crippen LogP contribution in [0.5, 0.6) is 5.75 Å². The third-order valence-electron chi connectivity index (χ3n) is 7.96. The van der Waals surface area contributed by atoms with Crippen LogP contribution < -0.4 is 4.74 Å². The highest BCUT2D eigenvalue weighted by Gasteiger charge is 2.29. The number of pyridine rings is 1. The largest absolute Gasteiger partial charge is 0.487 e. The Morgan fingerprint density at radius 2 is 1.82 bits per heavy atom. The van der Waals surface area contributed by atoms with Gasteiger partial charge in [-0.1, -0.05) is 67.1 Å². The number of hydrogen-bond acceptors (Lipinski definition) is 5.